The van der Waals surface area contributed by atoms with E-state index in [9.17, 15) is 0 Å². The van der Waals surface area contributed by atoms with Crippen LogP contribution in [0.2, 0.25) is 12.1 Å². The second kappa shape index (κ2) is 7.80. The third-order valence-electron chi connectivity index (χ3n) is 2.10. The number of hydrogen-bond donors (Lipinski definition) is 0. The number of rotatable bonds is 8. The smallest absolute Gasteiger partial charge is 0.337 e. The van der Waals surface area contributed by atoms with Crippen molar-refractivity contribution in [2.24, 2.45) is 0 Å². The topological polar surface area (TPSA) is 18.5 Å². The predicted octanol–water partition coefficient (Wildman–Crippen LogP) is 3.15. The molecule has 0 aliphatic carbocycles. The van der Waals surface area contributed by atoms with Gasteiger partial charge in [0.25, 0.3) is 0 Å². The Kier molecular flexibility index (Phi) is 8.05. The molecule has 0 aromatic carbocycles. The molecule has 0 spiro atoms. The Morgan fingerprint density at radius 1 is 1.23 bits per heavy atom. The van der Waals surface area contributed by atoms with Gasteiger partial charge in [-0.05, 0) is 25.4 Å². The van der Waals surface area contributed by atoms with Crippen molar-refractivity contribution in [1.82, 2.24) is 0 Å². The maximum atomic E-state index is 5.78. The van der Waals surface area contributed by atoms with E-state index in [1.54, 1.807) is 7.11 Å². The average molecular weight is 225 g/mol. The van der Waals surface area contributed by atoms with Crippen molar-refractivity contribution in [2.75, 3.05) is 19.6 Å². The molecule has 0 radical (unpaired) electrons. The molecule has 80 valence electrons. The second-order valence-electron chi connectivity index (χ2n) is 3.09. The third kappa shape index (κ3) is 5.01. The van der Waals surface area contributed by atoms with Crippen LogP contribution in [0.5, 0.6) is 0 Å². The van der Waals surface area contributed by atoms with Gasteiger partial charge in [0.1, 0.15) is 0 Å². The predicted molar refractivity (Wildman–Crippen MR) is 59.6 cm³/mol. The largest absolute Gasteiger partial charge is 0.398 e. The van der Waals surface area contributed by atoms with E-state index < -0.39 is 8.56 Å². The fraction of sp³-hybridized carbons (Fsp3) is 1.00. The molecule has 0 aromatic rings. The molecule has 0 fully saturated rings. The third-order valence-corrected chi connectivity index (χ3v) is 6.30. The van der Waals surface area contributed by atoms with Crippen LogP contribution in [0.4, 0.5) is 0 Å². The van der Waals surface area contributed by atoms with Crippen LogP contribution in [0.15, 0.2) is 0 Å². The van der Waals surface area contributed by atoms with Crippen LogP contribution in [0.3, 0.4) is 0 Å². The van der Waals surface area contributed by atoms with Gasteiger partial charge in [-0.25, -0.2) is 0 Å². The standard InChI is InChI=1S/C9H21ClO2Si/c1-4-8-13(11-3,12-5-2)9-6-7-10/h4-9H2,1-3H3. The molecule has 4 heteroatoms. The molecule has 0 saturated carbocycles. The molecule has 2 nitrogen and oxygen atoms in total. The summed E-state index contributed by atoms with van der Waals surface area (Å²) in [5, 5.41) is 0. The lowest BCUT2D eigenvalue weighted by Gasteiger charge is -2.28. The molecule has 0 aliphatic heterocycles. The van der Waals surface area contributed by atoms with E-state index in [4.69, 9.17) is 20.5 Å². The highest BCUT2D eigenvalue weighted by molar-refractivity contribution is 6.67. The zero-order chi connectivity index (χ0) is 10.2. The summed E-state index contributed by atoms with van der Waals surface area (Å²) in [5.41, 5.74) is 0. The average Bonchev–Trinajstić information content (AvgIpc) is 2.15. The molecule has 0 bridgehead atoms. The maximum Gasteiger partial charge on any atom is 0.337 e. The van der Waals surface area contributed by atoms with Gasteiger partial charge in [0.05, 0.1) is 0 Å². The fourth-order valence-electron chi connectivity index (χ4n) is 1.51. The molecule has 0 aliphatic rings. The van der Waals surface area contributed by atoms with Crippen molar-refractivity contribution in [3.63, 3.8) is 0 Å². The molecule has 0 aromatic heterocycles. The first kappa shape index (κ1) is 13.4. The molecule has 0 rings (SSSR count). The second-order valence-corrected chi connectivity index (χ2v) is 6.99. The Morgan fingerprint density at radius 3 is 2.31 bits per heavy atom. The summed E-state index contributed by atoms with van der Waals surface area (Å²) in [6, 6.07) is 2.10. The van der Waals surface area contributed by atoms with Crippen LogP contribution in [0.1, 0.15) is 26.7 Å². The van der Waals surface area contributed by atoms with Crippen molar-refractivity contribution in [3.05, 3.63) is 0 Å². The molecule has 13 heavy (non-hydrogen) atoms. The van der Waals surface area contributed by atoms with Crippen LogP contribution >= 0.6 is 11.6 Å². The minimum absolute atomic E-state index is 0.703. The Labute approximate surface area is 87.8 Å². The Bertz CT molecular complexity index is 116. The maximum absolute atomic E-state index is 5.78. The number of hydrogen-bond acceptors (Lipinski definition) is 2. The first-order valence-corrected chi connectivity index (χ1v) is 7.76. The summed E-state index contributed by atoms with van der Waals surface area (Å²) in [6.07, 6.45) is 2.13. The molecular weight excluding hydrogens is 204 g/mol. The Hall–Kier alpha value is 0.427. The zero-order valence-electron chi connectivity index (χ0n) is 8.94. The first-order valence-electron chi connectivity index (χ1n) is 4.99. The van der Waals surface area contributed by atoms with Crippen molar-refractivity contribution in [1.29, 1.82) is 0 Å². The summed E-state index contributed by atoms with van der Waals surface area (Å²) in [4.78, 5) is 0. The highest BCUT2D eigenvalue weighted by Gasteiger charge is 2.34. The lowest BCUT2D eigenvalue weighted by molar-refractivity contribution is 0.207. The van der Waals surface area contributed by atoms with Gasteiger partial charge in [-0.15, -0.1) is 11.6 Å². The van der Waals surface area contributed by atoms with Gasteiger partial charge in [-0.3, -0.25) is 0 Å². The molecule has 1 unspecified atom stereocenters. The van der Waals surface area contributed by atoms with Gasteiger partial charge in [-0.1, -0.05) is 13.3 Å². The van der Waals surface area contributed by atoms with Crippen molar-refractivity contribution < 1.29 is 8.85 Å². The first-order chi connectivity index (χ1) is 6.24. The number of halogens is 1. The summed E-state index contributed by atoms with van der Waals surface area (Å²) in [7, 11) is -0.105. The lowest BCUT2D eigenvalue weighted by Crippen LogP contribution is -2.40. The van der Waals surface area contributed by atoms with E-state index in [0.717, 1.165) is 31.5 Å². The van der Waals surface area contributed by atoms with Gasteiger partial charge >= 0.3 is 8.56 Å². The van der Waals surface area contributed by atoms with Gasteiger partial charge in [0.2, 0.25) is 0 Å². The minimum Gasteiger partial charge on any atom is -0.398 e. The normalized spacial score (nSPS) is 15.7. The Balaban J connectivity index is 4.07. The molecule has 0 N–H and O–H groups in total. The van der Waals surface area contributed by atoms with Gasteiger partial charge in [0, 0.05) is 19.6 Å². The number of alkyl halides is 1. The van der Waals surface area contributed by atoms with Gasteiger partial charge < -0.3 is 8.85 Å². The van der Waals surface area contributed by atoms with E-state index >= 15 is 0 Å². The Morgan fingerprint density at radius 2 is 1.92 bits per heavy atom. The summed E-state index contributed by atoms with van der Waals surface area (Å²) in [6.45, 7) is 4.94. The quantitative estimate of drug-likeness (QED) is 0.466. The lowest BCUT2D eigenvalue weighted by atomic mass is 10.6. The molecular formula is C9H21ClO2Si. The van der Waals surface area contributed by atoms with E-state index in [2.05, 4.69) is 6.92 Å². The summed E-state index contributed by atoms with van der Waals surface area (Å²) >= 11 is 5.68. The van der Waals surface area contributed by atoms with Crippen LogP contribution in [0.25, 0.3) is 0 Å². The fourth-order valence-corrected chi connectivity index (χ4v) is 4.94. The molecule has 1 atom stereocenters. The van der Waals surface area contributed by atoms with E-state index in [1.807, 2.05) is 6.92 Å². The zero-order valence-corrected chi connectivity index (χ0v) is 10.7. The summed E-state index contributed by atoms with van der Waals surface area (Å²) in [5.74, 6) is 0.703. The van der Waals surface area contributed by atoms with Crippen LogP contribution in [-0.4, -0.2) is 28.2 Å². The van der Waals surface area contributed by atoms with E-state index in [1.165, 1.54) is 0 Å². The van der Waals surface area contributed by atoms with Crippen LogP contribution < -0.4 is 0 Å². The van der Waals surface area contributed by atoms with Gasteiger partial charge in [0.15, 0.2) is 0 Å². The SMILES string of the molecule is CCC[Si](CCCCl)(OC)OCC. The van der Waals surface area contributed by atoms with E-state index in [-0.39, 0.29) is 0 Å². The highest BCUT2D eigenvalue weighted by Crippen LogP contribution is 2.22. The summed E-state index contributed by atoms with van der Waals surface area (Å²) < 4.78 is 11.4. The van der Waals surface area contributed by atoms with Crippen LogP contribution in [0, 0.1) is 0 Å². The molecule has 0 heterocycles. The molecule has 0 saturated heterocycles. The van der Waals surface area contributed by atoms with Crippen LogP contribution in [-0.2, 0) is 8.85 Å². The van der Waals surface area contributed by atoms with Gasteiger partial charge in [-0.2, -0.15) is 0 Å². The highest BCUT2D eigenvalue weighted by atomic mass is 35.5. The minimum atomic E-state index is -1.87. The molecule has 0 amide bonds. The monoisotopic (exact) mass is 224 g/mol. The van der Waals surface area contributed by atoms with Crippen molar-refractivity contribution >= 4 is 20.2 Å². The van der Waals surface area contributed by atoms with Crippen molar-refractivity contribution in [2.45, 2.75) is 38.8 Å². The van der Waals surface area contributed by atoms with Crippen molar-refractivity contribution in [3.8, 4) is 0 Å². The van der Waals surface area contributed by atoms with E-state index in [0.29, 0.717) is 5.88 Å².